The molecule has 0 radical (unpaired) electrons. The molecule has 0 aromatic heterocycles. The van der Waals surface area contributed by atoms with E-state index in [1.54, 1.807) is 0 Å². The number of hydrogen-bond acceptors (Lipinski definition) is 2. The molecule has 0 amide bonds. The van der Waals surface area contributed by atoms with E-state index in [4.69, 9.17) is 11.6 Å². The summed E-state index contributed by atoms with van der Waals surface area (Å²) in [5, 5.41) is 0.819. The number of hydrogen-bond donors (Lipinski definition) is 0. The van der Waals surface area contributed by atoms with Gasteiger partial charge in [0.25, 0.3) is 0 Å². The molecule has 18 heavy (non-hydrogen) atoms. The second kappa shape index (κ2) is 5.40. The topological polar surface area (TPSA) is 6.48 Å². The average molecular weight is 330 g/mol. The summed E-state index contributed by atoms with van der Waals surface area (Å²) in [5.74, 6) is 0. The number of anilines is 1. The standard InChI is InChI=1S/C14H18BrClN2/c15-13-5-4-11(16)9-14(13)18-8-7-17-6-2-1-3-12(17)10-18/h4-5,9,12H,1-3,6-8,10H2. The molecule has 2 nitrogen and oxygen atoms in total. The lowest BCUT2D eigenvalue weighted by atomic mass is 9.99. The van der Waals surface area contributed by atoms with Crippen LogP contribution < -0.4 is 4.90 Å². The van der Waals surface area contributed by atoms with Crippen LogP contribution in [0.4, 0.5) is 5.69 Å². The van der Waals surface area contributed by atoms with Gasteiger partial charge in [0, 0.05) is 35.2 Å². The molecule has 2 saturated heterocycles. The molecule has 1 atom stereocenters. The van der Waals surface area contributed by atoms with Crippen LogP contribution in [0, 0.1) is 0 Å². The third-order valence-electron chi connectivity index (χ3n) is 4.09. The Kier molecular flexibility index (Phi) is 3.83. The van der Waals surface area contributed by atoms with Crippen molar-refractivity contribution in [3.63, 3.8) is 0 Å². The van der Waals surface area contributed by atoms with E-state index < -0.39 is 0 Å². The monoisotopic (exact) mass is 328 g/mol. The summed E-state index contributed by atoms with van der Waals surface area (Å²) in [6.07, 6.45) is 4.10. The van der Waals surface area contributed by atoms with Gasteiger partial charge in [0.05, 0.1) is 5.69 Å². The van der Waals surface area contributed by atoms with Crippen LogP contribution in [0.2, 0.25) is 5.02 Å². The maximum absolute atomic E-state index is 6.12. The molecule has 98 valence electrons. The van der Waals surface area contributed by atoms with Crippen LogP contribution in [-0.4, -0.2) is 37.1 Å². The Morgan fingerprint density at radius 3 is 2.94 bits per heavy atom. The third kappa shape index (κ3) is 2.54. The van der Waals surface area contributed by atoms with Crippen molar-refractivity contribution in [3.8, 4) is 0 Å². The number of piperazine rings is 1. The molecular formula is C14H18BrClN2. The predicted molar refractivity (Wildman–Crippen MR) is 80.6 cm³/mol. The maximum Gasteiger partial charge on any atom is 0.0526 e. The Labute approximate surface area is 122 Å². The van der Waals surface area contributed by atoms with Gasteiger partial charge in [-0.15, -0.1) is 0 Å². The SMILES string of the molecule is Clc1ccc(Br)c(N2CCN3CCCCC3C2)c1. The van der Waals surface area contributed by atoms with E-state index in [-0.39, 0.29) is 0 Å². The van der Waals surface area contributed by atoms with E-state index in [0.717, 1.165) is 28.6 Å². The quantitative estimate of drug-likeness (QED) is 0.774. The molecule has 0 aliphatic carbocycles. The van der Waals surface area contributed by atoms with E-state index in [1.807, 2.05) is 12.1 Å². The number of benzene rings is 1. The van der Waals surface area contributed by atoms with Gasteiger partial charge in [-0.2, -0.15) is 0 Å². The Hall–Kier alpha value is -0.250. The summed E-state index contributed by atoms with van der Waals surface area (Å²) in [6.45, 7) is 4.72. The zero-order valence-electron chi connectivity index (χ0n) is 10.4. The summed E-state index contributed by atoms with van der Waals surface area (Å²) >= 11 is 9.76. The van der Waals surface area contributed by atoms with Crippen molar-refractivity contribution < 1.29 is 0 Å². The second-order valence-electron chi connectivity index (χ2n) is 5.23. The fourth-order valence-electron chi connectivity index (χ4n) is 3.10. The molecule has 2 aliphatic heterocycles. The minimum absolute atomic E-state index is 0.735. The van der Waals surface area contributed by atoms with E-state index in [0.29, 0.717) is 0 Å². The predicted octanol–water partition coefficient (Wildman–Crippen LogP) is 3.78. The molecule has 0 N–H and O–H groups in total. The van der Waals surface area contributed by atoms with Crippen molar-refractivity contribution in [2.24, 2.45) is 0 Å². The van der Waals surface area contributed by atoms with Gasteiger partial charge in [0.15, 0.2) is 0 Å². The van der Waals surface area contributed by atoms with Gasteiger partial charge in [-0.3, -0.25) is 4.90 Å². The summed E-state index contributed by atoms with van der Waals surface area (Å²) in [7, 11) is 0. The molecular weight excluding hydrogens is 312 g/mol. The molecule has 1 aromatic carbocycles. The molecule has 0 saturated carbocycles. The van der Waals surface area contributed by atoms with Gasteiger partial charge >= 0.3 is 0 Å². The van der Waals surface area contributed by atoms with Crippen molar-refractivity contribution in [1.29, 1.82) is 0 Å². The lowest BCUT2D eigenvalue weighted by molar-refractivity contribution is 0.133. The Morgan fingerprint density at radius 2 is 2.06 bits per heavy atom. The van der Waals surface area contributed by atoms with Crippen molar-refractivity contribution in [2.75, 3.05) is 31.1 Å². The third-order valence-corrected chi connectivity index (χ3v) is 4.99. The molecule has 2 heterocycles. The summed E-state index contributed by atoms with van der Waals surface area (Å²) < 4.78 is 1.15. The normalized spacial score (nSPS) is 25.0. The number of piperidine rings is 1. The second-order valence-corrected chi connectivity index (χ2v) is 6.52. The number of fused-ring (bicyclic) bond motifs is 1. The van der Waals surface area contributed by atoms with Gasteiger partial charge in [-0.1, -0.05) is 18.0 Å². The van der Waals surface area contributed by atoms with Gasteiger partial charge < -0.3 is 4.90 Å². The highest BCUT2D eigenvalue weighted by atomic mass is 79.9. The van der Waals surface area contributed by atoms with Crippen molar-refractivity contribution >= 4 is 33.2 Å². The summed E-state index contributed by atoms with van der Waals surface area (Å²) in [6, 6.07) is 6.79. The molecule has 1 aromatic rings. The van der Waals surface area contributed by atoms with Crippen LogP contribution in [0.15, 0.2) is 22.7 Å². The highest BCUT2D eigenvalue weighted by Crippen LogP contribution is 2.32. The van der Waals surface area contributed by atoms with Crippen molar-refractivity contribution in [3.05, 3.63) is 27.7 Å². The lowest BCUT2D eigenvalue weighted by Crippen LogP contribution is -2.55. The lowest BCUT2D eigenvalue weighted by Gasteiger charge is -2.45. The molecule has 2 aliphatic rings. The van der Waals surface area contributed by atoms with Crippen LogP contribution in [0.1, 0.15) is 19.3 Å². The minimum atomic E-state index is 0.735. The largest absolute Gasteiger partial charge is 0.368 e. The van der Waals surface area contributed by atoms with E-state index in [1.165, 1.54) is 38.0 Å². The molecule has 0 spiro atoms. The van der Waals surface area contributed by atoms with Gasteiger partial charge in [-0.05, 0) is 53.5 Å². The molecule has 1 unspecified atom stereocenters. The van der Waals surface area contributed by atoms with E-state index in [2.05, 4.69) is 31.8 Å². The first-order chi connectivity index (χ1) is 8.74. The Bertz CT molecular complexity index is 438. The molecule has 0 bridgehead atoms. The Balaban J connectivity index is 1.79. The fourth-order valence-corrected chi connectivity index (χ4v) is 3.77. The number of halogens is 2. The first kappa shape index (κ1) is 12.8. The smallest absolute Gasteiger partial charge is 0.0526 e. The molecule has 2 fully saturated rings. The van der Waals surface area contributed by atoms with Crippen molar-refractivity contribution in [1.82, 2.24) is 4.90 Å². The van der Waals surface area contributed by atoms with Gasteiger partial charge in [-0.25, -0.2) is 0 Å². The van der Waals surface area contributed by atoms with Gasteiger partial charge in [0.2, 0.25) is 0 Å². The first-order valence-corrected chi connectivity index (χ1v) is 7.85. The number of nitrogens with zero attached hydrogens (tertiary/aromatic N) is 2. The summed E-state index contributed by atoms with van der Waals surface area (Å²) in [4.78, 5) is 5.13. The first-order valence-electron chi connectivity index (χ1n) is 6.68. The van der Waals surface area contributed by atoms with Crippen LogP contribution in [0.5, 0.6) is 0 Å². The highest BCUT2D eigenvalue weighted by molar-refractivity contribution is 9.10. The highest BCUT2D eigenvalue weighted by Gasteiger charge is 2.29. The number of rotatable bonds is 1. The zero-order chi connectivity index (χ0) is 12.5. The van der Waals surface area contributed by atoms with Gasteiger partial charge in [0.1, 0.15) is 0 Å². The zero-order valence-corrected chi connectivity index (χ0v) is 12.8. The van der Waals surface area contributed by atoms with Crippen LogP contribution in [-0.2, 0) is 0 Å². The van der Waals surface area contributed by atoms with Crippen molar-refractivity contribution in [2.45, 2.75) is 25.3 Å². The van der Waals surface area contributed by atoms with E-state index in [9.17, 15) is 0 Å². The fraction of sp³-hybridized carbons (Fsp3) is 0.571. The minimum Gasteiger partial charge on any atom is -0.368 e. The Morgan fingerprint density at radius 1 is 1.17 bits per heavy atom. The average Bonchev–Trinajstić information content (AvgIpc) is 2.41. The van der Waals surface area contributed by atoms with Crippen LogP contribution >= 0.6 is 27.5 Å². The van der Waals surface area contributed by atoms with Crippen LogP contribution in [0.25, 0.3) is 0 Å². The van der Waals surface area contributed by atoms with Crippen LogP contribution in [0.3, 0.4) is 0 Å². The maximum atomic E-state index is 6.12. The van der Waals surface area contributed by atoms with E-state index >= 15 is 0 Å². The summed E-state index contributed by atoms with van der Waals surface area (Å²) in [5.41, 5.74) is 1.24. The molecule has 4 heteroatoms. The molecule has 3 rings (SSSR count).